The van der Waals surface area contributed by atoms with E-state index in [1.54, 1.807) is 12.0 Å². The molecule has 1 aliphatic heterocycles. The van der Waals surface area contributed by atoms with Gasteiger partial charge in [-0.15, -0.1) is 17.8 Å². The van der Waals surface area contributed by atoms with E-state index in [1.165, 1.54) is 11.3 Å². The zero-order chi connectivity index (χ0) is 30.5. The van der Waals surface area contributed by atoms with E-state index in [2.05, 4.69) is 26.4 Å². The maximum Gasteiger partial charge on any atom is 0.410 e. The number of rotatable bonds is 7. The molecule has 2 aromatic carbocycles. The third-order valence-electron chi connectivity index (χ3n) is 7.23. The summed E-state index contributed by atoms with van der Waals surface area (Å²) in [5.74, 6) is 3.61. The van der Waals surface area contributed by atoms with Crippen LogP contribution < -0.4 is 20.3 Å². The highest BCUT2D eigenvalue weighted by molar-refractivity contribution is 7.14. The summed E-state index contributed by atoms with van der Waals surface area (Å²) in [6.45, 7) is 12.1. The normalized spacial score (nSPS) is 15.6. The Morgan fingerprint density at radius 2 is 1.67 bits per heavy atom. The minimum atomic E-state index is -0.753. The van der Waals surface area contributed by atoms with Crippen molar-refractivity contribution in [1.82, 2.24) is 15.2 Å². The quantitative estimate of drug-likeness (QED) is 0.327. The molecule has 3 aromatic rings. The minimum Gasteiger partial charge on any atom is -0.497 e. The first kappa shape index (κ1) is 30.7. The number of aromatic nitrogens is 1. The standard InChI is InChI=1S/C32H39N5O4S/c1-8-32(6,24-11-15-26(40-7)16-12-24)27-21-42-29(34-27)35-28(38)33-22(2)23-9-13-25(14-10-23)36-17-19-37(20-18-36)30(39)41-31(3,4)5/h1,9-16,21-22H,17-20H2,2-7H3,(H2,33,34,35,38). The van der Waals surface area contributed by atoms with Crippen molar-refractivity contribution in [2.24, 2.45) is 0 Å². The van der Waals surface area contributed by atoms with Crippen molar-refractivity contribution in [3.05, 3.63) is 70.7 Å². The zero-order valence-corrected chi connectivity index (χ0v) is 25.9. The number of nitrogens with one attached hydrogen (secondary N) is 2. The Labute approximate surface area is 252 Å². The number of ether oxygens (including phenoxy) is 2. The molecule has 10 heteroatoms. The van der Waals surface area contributed by atoms with Gasteiger partial charge in [0.15, 0.2) is 5.13 Å². The van der Waals surface area contributed by atoms with Crippen molar-refractivity contribution < 1.29 is 19.1 Å². The molecule has 0 saturated carbocycles. The van der Waals surface area contributed by atoms with Crippen LogP contribution >= 0.6 is 11.3 Å². The van der Waals surface area contributed by atoms with Gasteiger partial charge in [-0.2, -0.15) is 0 Å². The SMILES string of the molecule is C#CC(C)(c1ccc(OC)cc1)c1csc(NC(=O)NC(C)c2ccc(N3CCN(C(=O)OC(C)(C)C)CC3)cc2)n1. The first-order valence-electron chi connectivity index (χ1n) is 13.9. The van der Waals surface area contributed by atoms with Gasteiger partial charge in [0.2, 0.25) is 0 Å². The summed E-state index contributed by atoms with van der Waals surface area (Å²) in [6.07, 6.45) is 5.67. The molecule has 3 amide bonds. The highest BCUT2D eigenvalue weighted by Crippen LogP contribution is 2.34. The molecular weight excluding hydrogens is 550 g/mol. The number of carbonyl (C=O) groups is 2. The lowest BCUT2D eigenvalue weighted by molar-refractivity contribution is 0.0240. The smallest absolute Gasteiger partial charge is 0.410 e. The maximum absolute atomic E-state index is 12.8. The predicted molar refractivity (Wildman–Crippen MR) is 167 cm³/mol. The Hall–Kier alpha value is -4.23. The summed E-state index contributed by atoms with van der Waals surface area (Å²) in [5.41, 5.74) is 2.39. The Kier molecular flexibility index (Phi) is 9.32. The topological polar surface area (TPSA) is 96.0 Å². The Balaban J connectivity index is 1.30. The van der Waals surface area contributed by atoms with Crippen LogP contribution in [0.4, 0.5) is 20.4 Å². The number of thiazole rings is 1. The zero-order valence-electron chi connectivity index (χ0n) is 25.1. The van der Waals surface area contributed by atoms with Gasteiger partial charge >= 0.3 is 12.1 Å². The fourth-order valence-corrected chi connectivity index (χ4v) is 5.47. The number of hydrogen-bond acceptors (Lipinski definition) is 7. The molecule has 0 spiro atoms. The third kappa shape index (κ3) is 7.34. The molecule has 9 nitrogen and oxygen atoms in total. The minimum absolute atomic E-state index is 0.224. The first-order chi connectivity index (χ1) is 19.9. The number of anilines is 2. The average molecular weight is 590 g/mol. The number of amides is 3. The second-order valence-electron chi connectivity index (χ2n) is 11.4. The highest BCUT2D eigenvalue weighted by Gasteiger charge is 2.30. The van der Waals surface area contributed by atoms with Gasteiger partial charge in [0.25, 0.3) is 0 Å². The van der Waals surface area contributed by atoms with Crippen molar-refractivity contribution in [2.75, 3.05) is 43.5 Å². The van der Waals surface area contributed by atoms with Gasteiger partial charge < -0.3 is 24.6 Å². The molecule has 0 bridgehead atoms. The lowest BCUT2D eigenvalue weighted by Gasteiger charge is -2.36. The Morgan fingerprint density at radius 3 is 2.24 bits per heavy atom. The van der Waals surface area contributed by atoms with Crippen LogP contribution in [0.5, 0.6) is 5.75 Å². The molecule has 222 valence electrons. The summed E-state index contributed by atoms with van der Waals surface area (Å²) < 4.78 is 10.7. The number of nitrogens with zero attached hydrogens (tertiary/aromatic N) is 3. The van der Waals surface area contributed by atoms with Gasteiger partial charge in [-0.1, -0.05) is 30.2 Å². The molecule has 1 aliphatic rings. The molecule has 2 N–H and O–H groups in total. The number of carbonyl (C=O) groups excluding carboxylic acids is 2. The molecule has 42 heavy (non-hydrogen) atoms. The summed E-state index contributed by atoms with van der Waals surface area (Å²) in [4.78, 5) is 33.8. The molecule has 1 aromatic heterocycles. The number of methoxy groups -OCH3 is 1. The van der Waals surface area contributed by atoms with E-state index in [0.29, 0.717) is 23.9 Å². The van der Waals surface area contributed by atoms with Crippen LogP contribution in [0, 0.1) is 12.3 Å². The van der Waals surface area contributed by atoms with Gasteiger partial charge in [0, 0.05) is 37.2 Å². The number of piperazine rings is 1. The van der Waals surface area contributed by atoms with Gasteiger partial charge in [0.05, 0.1) is 24.3 Å². The Bertz CT molecular complexity index is 1420. The van der Waals surface area contributed by atoms with Crippen LogP contribution in [0.1, 0.15) is 57.5 Å². The fraction of sp³-hybridized carbons (Fsp3) is 0.406. The second-order valence-corrected chi connectivity index (χ2v) is 12.3. The molecule has 1 saturated heterocycles. The van der Waals surface area contributed by atoms with Crippen LogP contribution in [0.3, 0.4) is 0 Å². The number of benzene rings is 2. The van der Waals surface area contributed by atoms with Crippen LogP contribution in [-0.4, -0.2) is 60.9 Å². The lowest BCUT2D eigenvalue weighted by atomic mass is 9.81. The van der Waals surface area contributed by atoms with E-state index < -0.39 is 11.0 Å². The van der Waals surface area contributed by atoms with Crippen LogP contribution in [0.25, 0.3) is 0 Å². The first-order valence-corrected chi connectivity index (χ1v) is 14.8. The van der Waals surface area contributed by atoms with E-state index in [9.17, 15) is 9.59 Å². The summed E-state index contributed by atoms with van der Waals surface area (Å²) in [5, 5.41) is 8.15. The van der Waals surface area contributed by atoms with Crippen molar-refractivity contribution in [1.29, 1.82) is 0 Å². The largest absolute Gasteiger partial charge is 0.497 e. The second kappa shape index (κ2) is 12.7. The van der Waals surface area contributed by atoms with Crippen molar-refractivity contribution in [3.63, 3.8) is 0 Å². The van der Waals surface area contributed by atoms with E-state index in [-0.39, 0.29) is 18.2 Å². The van der Waals surface area contributed by atoms with E-state index >= 15 is 0 Å². The number of terminal acetylenes is 1. The molecule has 2 unspecified atom stereocenters. The lowest BCUT2D eigenvalue weighted by Crippen LogP contribution is -2.50. The van der Waals surface area contributed by atoms with E-state index in [1.807, 2.05) is 88.5 Å². The number of urea groups is 1. The summed E-state index contributed by atoms with van der Waals surface area (Å²) >= 11 is 1.33. The van der Waals surface area contributed by atoms with Crippen molar-refractivity contribution >= 4 is 34.3 Å². The average Bonchev–Trinajstić information content (AvgIpc) is 3.45. The van der Waals surface area contributed by atoms with Crippen molar-refractivity contribution in [3.8, 4) is 18.1 Å². The van der Waals surface area contributed by atoms with Gasteiger partial charge in [0.1, 0.15) is 11.4 Å². The Morgan fingerprint density at radius 1 is 1.02 bits per heavy atom. The molecule has 4 rings (SSSR count). The molecule has 0 radical (unpaired) electrons. The monoisotopic (exact) mass is 589 g/mol. The molecule has 0 aliphatic carbocycles. The fourth-order valence-electron chi connectivity index (χ4n) is 4.65. The summed E-state index contributed by atoms with van der Waals surface area (Å²) in [7, 11) is 1.62. The van der Waals surface area contributed by atoms with Gasteiger partial charge in [-0.25, -0.2) is 14.6 Å². The number of hydrogen-bond donors (Lipinski definition) is 2. The maximum atomic E-state index is 12.8. The molecule has 2 atom stereocenters. The third-order valence-corrected chi connectivity index (χ3v) is 7.99. The molecular formula is C32H39N5O4S. The van der Waals surface area contributed by atoms with Gasteiger partial charge in [-0.3, -0.25) is 5.32 Å². The van der Waals surface area contributed by atoms with E-state index in [4.69, 9.17) is 15.9 Å². The van der Waals surface area contributed by atoms with Crippen molar-refractivity contribution in [2.45, 2.75) is 51.7 Å². The molecule has 1 fully saturated rings. The highest BCUT2D eigenvalue weighted by atomic mass is 32.1. The predicted octanol–water partition coefficient (Wildman–Crippen LogP) is 6.03. The van der Waals surface area contributed by atoms with Crippen LogP contribution in [0.15, 0.2) is 53.9 Å². The van der Waals surface area contributed by atoms with Crippen LogP contribution in [-0.2, 0) is 10.2 Å². The van der Waals surface area contributed by atoms with Gasteiger partial charge in [-0.05, 0) is 70.0 Å². The van der Waals surface area contributed by atoms with E-state index in [0.717, 1.165) is 35.7 Å². The molecule has 2 heterocycles. The summed E-state index contributed by atoms with van der Waals surface area (Å²) in [6, 6.07) is 15.1. The van der Waals surface area contributed by atoms with Crippen LogP contribution in [0.2, 0.25) is 0 Å².